The van der Waals surface area contributed by atoms with E-state index in [-0.39, 0.29) is 23.5 Å². The Morgan fingerprint density at radius 2 is 1.79 bits per heavy atom. The summed E-state index contributed by atoms with van der Waals surface area (Å²) in [6, 6.07) is 16.2. The number of anilines is 1. The first kappa shape index (κ1) is 20.2. The highest BCUT2D eigenvalue weighted by atomic mass is 32.2. The SMILES string of the molecule is CCN(C(=O)C(C)Nc1ccc(Oc2ccccc2)cc1)C1CCS(=O)(=O)C1. The van der Waals surface area contributed by atoms with E-state index in [1.165, 1.54) is 0 Å². The van der Waals surface area contributed by atoms with Gasteiger partial charge in [0.1, 0.15) is 17.5 Å². The van der Waals surface area contributed by atoms with E-state index in [4.69, 9.17) is 4.74 Å². The van der Waals surface area contributed by atoms with Crippen molar-refractivity contribution in [1.29, 1.82) is 0 Å². The molecule has 2 unspecified atom stereocenters. The molecule has 0 spiro atoms. The van der Waals surface area contributed by atoms with Gasteiger partial charge in [0.25, 0.3) is 0 Å². The number of carbonyl (C=O) groups is 1. The Morgan fingerprint density at radius 3 is 2.36 bits per heavy atom. The van der Waals surface area contributed by atoms with E-state index >= 15 is 0 Å². The number of para-hydroxylation sites is 1. The van der Waals surface area contributed by atoms with Crippen molar-refractivity contribution in [2.75, 3.05) is 23.4 Å². The second-order valence-electron chi connectivity index (χ2n) is 6.99. The number of nitrogens with zero attached hydrogens (tertiary/aromatic N) is 1. The van der Waals surface area contributed by atoms with E-state index in [1.54, 1.807) is 11.8 Å². The third kappa shape index (κ3) is 5.04. The summed E-state index contributed by atoms with van der Waals surface area (Å²) in [7, 11) is -3.03. The summed E-state index contributed by atoms with van der Waals surface area (Å²) in [6.07, 6.45) is 0.514. The van der Waals surface area contributed by atoms with E-state index in [0.29, 0.717) is 18.7 Å². The Balaban J connectivity index is 1.60. The molecule has 2 aromatic rings. The van der Waals surface area contributed by atoms with E-state index in [0.717, 1.165) is 11.4 Å². The molecule has 1 aliphatic rings. The summed E-state index contributed by atoms with van der Waals surface area (Å²) in [5.74, 6) is 1.60. The van der Waals surface area contributed by atoms with Gasteiger partial charge in [-0.25, -0.2) is 8.42 Å². The lowest BCUT2D eigenvalue weighted by atomic mass is 10.1. The standard InChI is InChI=1S/C21H26N2O4S/c1-3-23(18-13-14-28(25,26)15-18)21(24)16(2)22-17-9-11-20(12-10-17)27-19-7-5-4-6-8-19/h4-12,16,18,22H,3,13-15H2,1-2H3. The maximum Gasteiger partial charge on any atom is 0.245 e. The van der Waals surface area contributed by atoms with Crippen LogP contribution in [0, 0.1) is 0 Å². The molecule has 2 atom stereocenters. The summed E-state index contributed by atoms with van der Waals surface area (Å²) in [6.45, 7) is 4.17. The second kappa shape index (κ2) is 8.65. The molecule has 6 nitrogen and oxygen atoms in total. The maximum atomic E-state index is 12.8. The average molecular weight is 403 g/mol. The van der Waals surface area contributed by atoms with Crippen molar-refractivity contribution in [1.82, 2.24) is 4.90 Å². The number of hydrogen-bond donors (Lipinski definition) is 1. The molecule has 28 heavy (non-hydrogen) atoms. The van der Waals surface area contributed by atoms with E-state index in [1.807, 2.05) is 61.5 Å². The fourth-order valence-corrected chi connectivity index (χ4v) is 5.15. The fourth-order valence-electron chi connectivity index (χ4n) is 3.42. The molecule has 0 radical (unpaired) electrons. The number of amides is 1. The van der Waals surface area contributed by atoms with E-state index in [2.05, 4.69) is 5.32 Å². The molecular weight excluding hydrogens is 376 g/mol. The molecule has 1 amide bonds. The predicted molar refractivity (Wildman–Crippen MR) is 110 cm³/mol. The number of carbonyl (C=O) groups excluding carboxylic acids is 1. The Bertz CT molecular complexity index is 898. The Kier molecular flexibility index (Phi) is 6.24. The van der Waals surface area contributed by atoms with Crippen LogP contribution >= 0.6 is 0 Å². The number of benzene rings is 2. The quantitative estimate of drug-likeness (QED) is 0.769. The Hall–Kier alpha value is -2.54. The first-order chi connectivity index (χ1) is 13.4. The van der Waals surface area contributed by atoms with Crippen LogP contribution < -0.4 is 10.1 Å². The molecule has 1 N–H and O–H groups in total. The van der Waals surface area contributed by atoms with Crippen LogP contribution in [0.25, 0.3) is 0 Å². The molecule has 1 fully saturated rings. The summed E-state index contributed by atoms with van der Waals surface area (Å²) >= 11 is 0. The molecule has 0 saturated carbocycles. The van der Waals surface area contributed by atoms with Crippen molar-refractivity contribution in [2.45, 2.75) is 32.4 Å². The van der Waals surface area contributed by atoms with Gasteiger partial charge in [0.2, 0.25) is 5.91 Å². The van der Waals surface area contributed by atoms with Gasteiger partial charge in [-0.3, -0.25) is 4.79 Å². The zero-order chi connectivity index (χ0) is 20.1. The third-order valence-corrected chi connectivity index (χ3v) is 6.61. The maximum absolute atomic E-state index is 12.8. The van der Waals surface area contributed by atoms with Crippen LogP contribution in [0.1, 0.15) is 20.3 Å². The largest absolute Gasteiger partial charge is 0.457 e. The monoisotopic (exact) mass is 402 g/mol. The molecule has 150 valence electrons. The van der Waals surface area contributed by atoms with Crippen molar-refractivity contribution < 1.29 is 17.9 Å². The van der Waals surface area contributed by atoms with Gasteiger partial charge in [0.15, 0.2) is 9.84 Å². The lowest BCUT2D eigenvalue weighted by Crippen LogP contribution is -2.47. The summed E-state index contributed by atoms with van der Waals surface area (Å²) in [4.78, 5) is 14.5. The molecule has 0 bridgehead atoms. The van der Waals surface area contributed by atoms with Crippen molar-refractivity contribution in [3.63, 3.8) is 0 Å². The number of rotatable bonds is 7. The number of likely N-dealkylation sites (N-methyl/N-ethyl adjacent to an activating group) is 1. The van der Waals surface area contributed by atoms with Gasteiger partial charge in [-0.05, 0) is 56.7 Å². The van der Waals surface area contributed by atoms with Crippen LogP contribution in [0.3, 0.4) is 0 Å². The Morgan fingerprint density at radius 1 is 1.14 bits per heavy atom. The fraction of sp³-hybridized carbons (Fsp3) is 0.381. The molecular formula is C21H26N2O4S. The first-order valence-corrected chi connectivity index (χ1v) is 11.3. The number of sulfone groups is 1. The van der Waals surface area contributed by atoms with Crippen LogP contribution in [0.5, 0.6) is 11.5 Å². The van der Waals surface area contributed by atoms with Gasteiger partial charge in [-0.1, -0.05) is 18.2 Å². The van der Waals surface area contributed by atoms with Crippen LogP contribution in [-0.2, 0) is 14.6 Å². The van der Waals surface area contributed by atoms with Gasteiger partial charge in [-0.15, -0.1) is 0 Å². The highest BCUT2D eigenvalue weighted by Gasteiger charge is 2.35. The van der Waals surface area contributed by atoms with Gasteiger partial charge < -0.3 is 15.0 Å². The minimum Gasteiger partial charge on any atom is -0.457 e. The lowest BCUT2D eigenvalue weighted by Gasteiger charge is -2.30. The zero-order valence-corrected chi connectivity index (χ0v) is 17.0. The Labute approximate surface area is 166 Å². The minimum absolute atomic E-state index is 0.0603. The van der Waals surface area contributed by atoms with E-state index in [9.17, 15) is 13.2 Å². The highest BCUT2D eigenvalue weighted by molar-refractivity contribution is 7.91. The van der Waals surface area contributed by atoms with Crippen LogP contribution in [0.4, 0.5) is 5.69 Å². The second-order valence-corrected chi connectivity index (χ2v) is 9.22. The molecule has 0 aliphatic carbocycles. The molecule has 1 saturated heterocycles. The molecule has 1 heterocycles. The van der Waals surface area contributed by atoms with Crippen LogP contribution in [-0.4, -0.2) is 49.4 Å². The van der Waals surface area contributed by atoms with Crippen LogP contribution in [0.15, 0.2) is 54.6 Å². The number of ether oxygens (including phenoxy) is 1. The topological polar surface area (TPSA) is 75.7 Å². The van der Waals surface area contributed by atoms with Gasteiger partial charge in [0.05, 0.1) is 11.5 Å². The number of nitrogens with one attached hydrogen (secondary N) is 1. The molecule has 1 aliphatic heterocycles. The molecule has 0 aromatic heterocycles. The lowest BCUT2D eigenvalue weighted by molar-refractivity contribution is -0.133. The first-order valence-electron chi connectivity index (χ1n) is 9.48. The zero-order valence-electron chi connectivity index (χ0n) is 16.2. The molecule has 2 aromatic carbocycles. The third-order valence-electron chi connectivity index (χ3n) is 4.86. The van der Waals surface area contributed by atoms with Crippen molar-refractivity contribution >= 4 is 21.4 Å². The van der Waals surface area contributed by atoms with Crippen molar-refractivity contribution in [2.24, 2.45) is 0 Å². The summed E-state index contributed by atoms with van der Waals surface area (Å²) < 4.78 is 29.3. The van der Waals surface area contributed by atoms with Crippen molar-refractivity contribution in [3.05, 3.63) is 54.6 Å². The highest BCUT2D eigenvalue weighted by Crippen LogP contribution is 2.23. The summed E-state index contributed by atoms with van der Waals surface area (Å²) in [5.41, 5.74) is 0.802. The van der Waals surface area contributed by atoms with Gasteiger partial charge in [0, 0.05) is 18.3 Å². The normalized spacial score (nSPS) is 19.0. The summed E-state index contributed by atoms with van der Waals surface area (Å²) in [5, 5.41) is 3.20. The van der Waals surface area contributed by atoms with E-state index < -0.39 is 15.9 Å². The van der Waals surface area contributed by atoms with Gasteiger partial charge in [-0.2, -0.15) is 0 Å². The number of hydrogen-bond acceptors (Lipinski definition) is 5. The minimum atomic E-state index is -3.03. The average Bonchev–Trinajstić information content (AvgIpc) is 3.04. The predicted octanol–water partition coefficient (Wildman–Crippen LogP) is 3.31. The van der Waals surface area contributed by atoms with Gasteiger partial charge >= 0.3 is 0 Å². The smallest absolute Gasteiger partial charge is 0.245 e. The molecule has 7 heteroatoms. The van der Waals surface area contributed by atoms with Crippen LogP contribution in [0.2, 0.25) is 0 Å². The van der Waals surface area contributed by atoms with Crippen molar-refractivity contribution in [3.8, 4) is 11.5 Å². The molecule has 3 rings (SSSR count).